The van der Waals surface area contributed by atoms with Crippen molar-refractivity contribution in [2.45, 2.75) is 64.3 Å². The smallest absolute Gasteiger partial charge is 0.242 e. The second-order valence-electron chi connectivity index (χ2n) is 31.1. The van der Waals surface area contributed by atoms with Crippen molar-refractivity contribution in [1.29, 1.82) is 0 Å². The number of pyridine rings is 1. The van der Waals surface area contributed by atoms with Crippen molar-refractivity contribution in [2.75, 3.05) is 189 Å². The van der Waals surface area contributed by atoms with Crippen molar-refractivity contribution in [3.8, 4) is 57.1 Å². The summed E-state index contributed by atoms with van der Waals surface area (Å²) < 4.78 is 12.3. The molecule has 0 saturated carbocycles. The average molecular weight is 1650 g/mol. The van der Waals surface area contributed by atoms with Gasteiger partial charge in [-0.05, 0) is 195 Å². The zero-order valence-corrected chi connectivity index (χ0v) is 69.7. The average Bonchev–Trinajstić information content (AvgIpc) is 1.64. The molecular weight excluding hydrogens is 1540 g/mol. The van der Waals surface area contributed by atoms with Gasteiger partial charge in [0.25, 0.3) is 0 Å². The topological polar surface area (TPSA) is 377 Å². The summed E-state index contributed by atoms with van der Waals surface area (Å²) in [6.45, 7) is 7.13. The van der Waals surface area contributed by atoms with Crippen LogP contribution in [0.3, 0.4) is 0 Å². The highest BCUT2D eigenvalue weighted by Gasteiger charge is 2.30. The maximum absolute atomic E-state index is 14.7. The first-order chi connectivity index (χ1) is 58.9. The second-order valence-corrected chi connectivity index (χ2v) is 31.1. The summed E-state index contributed by atoms with van der Waals surface area (Å²) in [6.07, 6.45) is 6.63. The highest BCUT2D eigenvalue weighted by atomic mass is 16.5. The molecule has 2 fully saturated rings. The number of hydrogen-bond acceptors (Lipinski definition) is 21. The predicted octanol–water partition coefficient (Wildman–Crippen LogP) is 7.10. The molecule has 0 bridgehead atoms. The number of carbonyl (C=O) groups is 7. The van der Waals surface area contributed by atoms with Crippen LogP contribution in [0.4, 0.5) is 11.4 Å². The van der Waals surface area contributed by atoms with Crippen molar-refractivity contribution in [3.05, 3.63) is 151 Å². The van der Waals surface area contributed by atoms with Crippen LogP contribution in [0.2, 0.25) is 0 Å². The first-order valence-electron chi connectivity index (χ1n) is 42.0. The van der Waals surface area contributed by atoms with Crippen molar-refractivity contribution < 1.29 is 48.1 Å². The number of aliphatic hydroxyl groups excluding tert-OH is 1. The summed E-state index contributed by atoms with van der Waals surface area (Å²) in [5, 5.41) is 19.5. The number of rotatable bonds is 44. The number of anilines is 2. The molecule has 10 N–H and O–H groups in total. The number of ether oxygens (including phenoxy) is 2. The number of H-pyrrole nitrogens is 4. The fourth-order valence-corrected chi connectivity index (χ4v) is 15.1. The Morgan fingerprint density at radius 1 is 0.438 bits per heavy atom. The molecule has 638 valence electrons. The quantitative estimate of drug-likeness (QED) is 0.0172. The zero-order valence-electron chi connectivity index (χ0n) is 69.7. The molecule has 7 heterocycles. The summed E-state index contributed by atoms with van der Waals surface area (Å²) in [5.74, 6) is 0.399. The Balaban J connectivity index is 0.573. The number of carbonyl (C=O) groups excluding carboxylic acids is 7. The lowest BCUT2D eigenvalue weighted by Crippen LogP contribution is -2.52. The van der Waals surface area contributed by atoms with Gasteiger partial charge in [0.2, 0.25) is 41.4 Å². The van der Waals surface area contributed by atoms with Gasteiger partial charge in [0.1, 0.15) is 41.3 Å². The summed E-state index contributed by atoms with van der Waals surface area (Å²) in [7, 11) is 7.92. The van der Waals surface area contributed by atoms with Gasteiger partial charge in [-0.2, -0.15) is 0 Å². The maximum atomic E-state index is 14.7. The number of primary amides is 1. The number of aromatic nitrogens is 9. The van der Waals surface area contributed by atoms with Crippen molar-refractivity contribution in [2.24, 2.45) is 5.73 Å². The minimum Gasteiger partial charge on any atom is -0.494 e. The van der Waals surface area contributed by atoms with Gasteiger partial charge in [-0.25, -0.2) is 19.9 Å². The third-order valence-corrected chi connectivity index (χ3v) is 22.0. The Morgan fingerprint density at radius 2 is 0.884 bits per heavy atom. The highest BCUT2D eigenvalue weighted by molar-refractivity contribution is 5.93. The number of amides is 7. The fourth-order valence-electron chi connectivity index (χ4n) is 15.1. The second kappa shape index (κ2) is 42.5. The van der Waals surface area contributed by atoms with E-state index in [1.165, 1.54) is 30.2 Å². The minimum atomic E-state index is -0.767. The highest BCUT2D eigenvalue weighted by Crippen LogP contribution is 2.33. The van der Waals surface area contributed by atoms with Crippen molar-refractivity contribution >= 4 is 96.9 Å². The number of fused-ring (bicyclic) bond motifs is 4. The van der Waals surface area contributed by atoms with E-state index in [1.807, 2.05) is 92.0 Å². The summed E-state index contributed by atoms with van der Waals surface area (Å²) in [6, 6.07) is 43.5. The monoisotopic (exact) mass is 1650 g/mol. The number of unbranched alkanes of at least 4 members (excludes halogenated alkanes) is 2. The van der Waals surface area contributed by atoms with Crippen LogP contribution in [0.5, 0.6) is 11.5 Å². The molecule has 7 amide bonds. The van der Waals surface area contributed by atoms with Crippen molar-refractivity contribution in [1.82, 2.24) is 95.1 Å². The Hall–Kier alpha value is -12.4. The molecule has 2 aliphatic heterocycles. The van der Waals surface area contributed by atoms with Gasteiger partial charge in [-0.3, -0.25) is 38.5 Å². The van der Waals surface area contributed by atoms with Crippen molar-refractivity contribution in [3.63, 3.8) is 0 Å². The lowest BCUT2D eigenvalue weighted by atomic mass is 10.2. The summed E-state index contributed by atoms with van der Waals surface area (Å²) >= 11 is 0. The van der Waals surface area contributed by atoms with Crippen LogP contribution in [0.1, 0.15) is 63.4 Å². The van der Waals surface area contributed by atoms with Gasteiger partial charge < -0.3 is 100 Å². The molecule has 32 heteroatoms. The van der Waals surface area contributed by atoms with Crippen LogP contribution in [0, 0.1) is 0 Å². The van der Waals surface area contributed by atoms with E-state index in [2.05, 4.69) is 111 Å². The van der Waals surface area contributed by atoms with Crippen LogP contribution in [-0.4, -0.2) is 305 Å². The molecule has 0 radical (unpaired) electrons. The van der Waals surface area contributed by atoms with E-state index in [0.29, 0.717) is 80.3 Å². The van der Waals surface area contributed by atoms with Crippen LogP contribution >= 0.6 is 0 Å². The molecule has 6 aromatic carbocycles. The van der Waals surface area contributed by atoms with E-state index in [1.54, 1.807) is 31.6 Å². The summed E-state index contributed by atoms with van der Waals surface area (Å²) in [4.78, 5) is 152. The maximum Gasteiger partial charge on any atom is 0.242 e. The van der Waals surface area contributed by atoms with Gasteiger partial charge in [-0.1, -0.05) is 30.3 Å². The molecule has 5 aromatic heterocycles. The molecule has 0 spiro atoms. The SMILES string of the molecule is CNCCCCN(CC(=O)N(CCCNC(=O)CCCOc1cccc(-c2nc3ccc(-c4nc5cc(N6CCN(C)CC6)ccc5[nH]4)cc3[nH]2)c1)CC(N)=O)C(=O)CN(CCCCNC)C(=O)CN(CCO)C(=O)CN(Cc1cccnc1)C(=O)CCCOc1cccc(-c2nc3ccc(-c4nc5cc(N6CCN(C)CC6)ccc5[nH]4)cc3[nH]2)c1. The number of nitrogens with zero attached hydrogens (tertiary/aromatic N) is 14. The Kier molecular flexibility index (Phi) is 30.4. The Bertz CT molecular complexity index is 5320. The standard InChI is InChI=1S/C89H112N22O10/c1-91-30-5-7-34-108(58-82(116)107(57-79(90)113)36-14-33-94-80(114)20-12-47-120-69-18-9-16-63(49-69)86-95-71-26-22-65(51-75(71)99-86)88-97-73-28-24-67(53-77(73)101-88)105-41-37-103(3)38-42-105)83(117)59-109(35-8-6-31-92-2)84(118)60-110(45-46-112)85(119)61-111(56-62-15-11-32-93-55-62)81(115)21-13-48-121-70-19-10-17-64(50-70)87-96-72-27-23-66(52-76(72)100-87)89-98-74-29-25-68(54-78(74)102-89)106-43-39-104(4)40-44-106/h9-11,15-19,22-29,32,49-55,91-92,112H,5-8,12-14,20-21,30-31,33-48,56-61H2,1-4H3,(H2,90,113)(H,94,114)(H,95,99)(H,96,100)(H,97,101)(H,98,102). The number of piperazine rings is 2. The van der Waals surface area contributed by atoms with Gasteiger partial charge in [0.15, 0.2) is 0 Å². The largest absolute Gasteiger partial charge is 0.494 e. The number of imidazole rings is 4. The molecule has 0 aliphatic carbocycles. The fraction of sp³-hybridized carbons (Fsp3) is 0.416. The van der Waals surface area contributed by atoms with Crippen LogP contribution in [0.15, 0.2) is 146 Å². The van der Waals surface area contributed by atoms with E-state index in [9.17, 15) is 38.7 Å². The van der Waals surface area contributed by atoms with E-state index in [-0.39, 0.29) is 83.6 Å². The van der Waals surface area contributed by atoms with Gasteiger partial charge in [-0.15, -0.1) is 0 Å². The number of benzene rings is 6. The van der Waals surface area contributed by atoms with Gasteiger partial charge in [0, 0.05) is 150 Å². The molecule has 13 rings (SSSR count). The number of hydrogen-bond donors (Lipinski definition) is 9. The van der Waals surface area contributed by atoms with Crippen LogP contribution < -0.4 is 41.0 Å². The summed E-state index contributed by atoms with van der Waals surface area (Å²) in [5.41, 5.74) is 19.2. The molecule has 121 heavy (non-hydrogen) atoms. The molecule has 2 aliphatic rings. The minimum absolute atomic E-state index is 0.00672. The van der Waals surface area contributed by atoms with Gasteiger partial charge in [0.05, 0.1) is 90.1 Å². The molecule has 0 unspecified atom stereocenters. The molecule has 2 saturated heterocycles. The van der Waals surface area contributed by atoms with E-state index >= 15 is 0 Å². The predicted molar refractivity (Wildman–Crippen MR) is 468 cm³/mol. The van der Waals surface area contributed by atoms with E-state index in [0.717, 1.165) is 136 Å². The van der Waals surface area contributed by atoms with Crippen LogP contribution in [0.25, 0.3) is 89.7 Å². The zero-order chi connectivity index (χ0) is 84.6. The molecule has 0 atom stereocenters. The Labute approximate surface area is 703 Å². The number of nitrogens with one attached hydrogen (secondary N) is 7. The normalized spacial score (nSPS) is 13.3. The molecule has 32 nitrogen and oxygen atoms in total. The van der Waals surface area contributed by atoms with Crippen LogP contribution in [-0.2, 0) is 40.1 Å². The lowest BCUT2D eigenvalue weighted by molar-refractivity contribution is -0.147. The third kappa shape index (κ3) is 24.0. The Morgan fingerprint density at radius 3 is 1.36 bits per heavy atom. The van der Waals surface area contributed by atoms with Gasteiger partial charge >= 0.3 is 0 Å². The molecular formula is C89H112N22O10. The van der Waals surface area contributed by atoms with E-state index < -0.39 is 68.9 Å². The molecule has 11 aromatic rings. The lowest BCUT2D eigenvalue weighted by Gasteiger charge is -2.34. The first kappa shape index (κ1) is 86.5. The van der Waals surface area contributed by atoms with E-state index in [4.69, 9.17) is 35.1 Å². The first-order valence-corrected chi connectivity index (χ1v) is 42.0. The number of nitrogens with two attached hydrogens (primary N) is 1. The number of likely N-dealkylation sites (N-methyl/N-ethyl adjacent to an activating group) is 2. The number of aromatic amines is 4. The third-order valence-electron chi connectivity index (χ3n) is 22.0. The number of aliphatic hydroxyl groups is 1.